The molecule has 3 nitrogen and oxygen atoms in total. The predicted molar refractivity (Wildman–Crippen MR) is 109 cm³/mol. The first-order valence-electron chi connectivity index (χ1n) is 8.73. The van der Waals surface area contributed by atoms with Gasteiger partial charge in [0.25, 0.3) is 11.8 Å². The molecule has 0 N–H and O–H groups in total. The topological polar surface area (TPSA) is 37.4 Å². The van der Waals surface area contributed by atoms with E-state index in [1.54, 1.807) is 0 Å². The quantitative estimate of drug-likeness (QED) is 0.713. The third kappa shape index (κ3) is 3.34. The van der Waals surface area contributed by atoms with Gasteiger partial charge in [-0.15, -0.1) is 11.8 Å². The number of aryl methyl sites for hydroxylation is 3. The van der Waals surface area contributed by atoms with Crippen molar-refractivity contribution in [2.24, 2.45) is 0 Å². The summed E-state index contributed by atoms with van der Waals surface area (Å²) in [5, 5.41) is 0.209. The summed E-state index contributed by atoms with van der Waals surface area (Å²) in [5.41, 5.74) is 5.03. The molecule has 0 unspecified atom stereocenters. The lowest BCUT2D eigenvalue weighted by atomic mass is 10.0. The van der Waals surface area contributed by atoms with Crippen molar-refractivity contribution in [3.05, 3.63) is 69.6 Å². The largest absolute Gasteiger partial charge is 0.272 e. The highest BCUT2D eigenvalue weighted by Crippen LogP contribution is 2.40. The molecular weight excluding hydrogens is 342 g/mol. The molecule has 3 rings (SSSR count). The lowest BCUT2D eigenvalue weighted by molar-refractivity contribution is -0.119. The Morgan fingerprint density at radius 3 is 2.08 bits per heavy atom. The van der Waals surface area contributed by atoms with Gasteiger partial charge in [0.1, 0.15) is 0 Å². The molecule has 0 saturated heterocycles. The van der Waals surface area contributed by atoms with Gasteiger partial charge in [-0.3, -0.25) is 9.59 Å². The van der Waals surface area contributed by atoms with Crippen LogP contribution < -0.4 is 4.90 Å². The molecule has 0 bridgehead atoms. The van der Waals surface area contributed by atoms with Gasteiger partial charge in [-0.05, 0) is 43.5 Å². The molecule has 1 aliphatic heterocycles. The molecule has 0 aromatic heterocycles. The maximum Gasteiger partial charge on any atom is 0.272 e. The summed E-state index contributed by atoms with van der Waals surface area (Å²) < 4.78 is 0. The monoisotopic (exact) mass is 365 g/mol. The van der Waals surface area contributed by atoms with Crippen molar-refractivity contribution in [3.63, 3.8) is 0 Å². The molecule has 26 heavy (non-hydrogen) atoms. The molecule has 1 aliphatic rings. The number of carbonyl (C=O) groups excluding carboxylic acids is 2. The molecule has 0 saturated carbocycles. The maximum atomic E-state index is 13.3. The summed E-state index contributed by atoms with van der Waals surface area (Å²) in [6.07, 6.45) is 0. The molecule has 0 spiro atoms. The Hall–Kier alpha value is -2.33. The second-order valence-corrected chi connectivity index (χ2v) is 8.56. The molecule has 0 radical (unpaired) electrons. The average molecular weight is 365 g/mol. The summed E-state index contributed by atoms with van der Waals surface area (Å²) in [6.45, 7) is 9.96. The van der Waals surface area contributed by atoms with E-state index in [0.717, 1.165) is 22.3 Å². The molecule has 1 heterocycles. The Bertz CT molecular complexity index is 910. The van der Waals surface area contributed by atoms with Crippen molar-refractivity contribution in [2.45, 2.75) is 39.9 Å². The van der Waals surface area contributed by atoms with E-state index in [9.17, 15) is 9.59 Å². The predicted octanol–water partition coefficient (Wildman–Crippen LogP) is 5.04. The number of hydrogen-bond acceptors (Lipinski definition) is 3. The number of imide groups is 1. The fourth-order valence-electron chi connectivity index (χ4n) is 3.01. The second-order valence-electron chi connectivity index (χ2n) is 6.97. The van der Waals surface area contributed by atoms with Gasteiger partial charge in [0.2, 0.25) is 0 Å². The molecule has 2 aromatic rings. The minimum absolute atomic E-state index is 0.209. The van der Waals surface area contributed by atoms with Gasteiger partial charge in [0, 0.05) is 5.25 Å². The van der Waals surface area contributed by atoms with Crippen LogP contribution in [0.4, 0.5) is 5.69 Å². The fourth-order valence-corrected chi connectivity index (χ4v) is 4.00. The van der Waals surface area contributed by atoms with Crippen molar-refractivity contribution in [1.29, 1.82) is 0 Å². The number of amides is 2. The number of nitrogens with zero attached hydrogens (tertiary/aromatic N) is 1. The molecule has 134 valence electrons. The van der Waals surface area contributed by atoms with Crippen LogP contribution in [0.5, 0.6) is 0 Å². The van der Waals surface area contributed by atoms with Gasteiger partial charge in [0.15, 0.2) is 0 Å². The minimum atomic E-state index is -0.240. The van der Waals surface area contributed by atoms with E-state index in [0.29, 0.717) is 16.2 Å². The van der Waals surface area contributed by atoms with E-state index in [1.165, 1.54) is 16.7 Å². The number of benzene rings is 2. The number of anilines is 1. The van der Waals surface area contributed by atoms with Gasteiger partial charge in [-0.2, -0.15) is 0 Å². The molecule has 0 fully saturated rings. The van der Waals surface area contributed by atoms with Crippen LogP contribution in [0, 0.1) is 20.8 Å². The zero-order valence-electron chi connectivity index (χ0n) is 15.8. The van der Waals surface area contributed by atoms with Crippen LogP contribution >= 0.6 is 11.8 Å². The van der Waals surface area contributed by atoms with Crippen molar-refractivity contribution in [3.8, 4) is 0 Å². The van der Waals surface area contributed by atoms with Crippen LogP contribution in [0.1, 0.15) is 36.1 Å². The normalized spacial score (nSPS) is 14.8. The Kier molecular flexibility index (Phi) is 5.05. The summed E-state index contributed by atoms with van der Waals surface area (Å²) in [7, 11) is 0. The van der Waals surface area contributed by atoms with Gasteiger partial charge in [0.05, 0.1) is 16.2 Å². The zero-order valence-corrected chi connectivity index (χ0v) is 16.6. The number of thioether (sulfide) groups is 1. The lowest BCUT2D eigenvalue weighted by Crippen LogP contribution is -2.32. The fraction of sp³-hybridized carbons (Fsp3) is 0.273. The van der Waals surface area contributed by atoms with Crippen LogP contribution in [0.15, 0.2) is 47.4 Å². The Morgan fingerprint density at radius 2 is 1.46 bits per heavy atom. The first kappa shape index (κ1) is 18.5. The van der Waals surface area contributed by atoms with Crippen molar-refractivity contribution >= 4 is 34.8 Å². The highest BCUT2D eigenvalue weighted by molar-refractivity contribution is 8.04. The van der Waals surface area contributed by atoms with E-state index >= 15 is 0 Å². The molecule has 2 amide bonds. The van der Waals surface area contributed by atoms with E-state index in [-0.39, 0.29) is 17.1 Å². The van der Waals surface area contributed by atoms with Gasteiger partial charge >= 0.3 is 0 Å². The lowest BCUT2D eigenvalue weighted by Gasteiger charge is -2.18. The van der Waals surface area contributed by atoms with E-state index < -0.39 is 0 Å². The SMILES string of the molecule is Cc1ccc(C2=C(SC(C)C)C(=O)N(c3cc(C)ccc3C)C2=O)cc1. The number of carbonyl (C=O) groups is 2. The first-order valence-corrected chi connectivity index (χ1v) is 9.61. The van der Waals surface area contributed by atoms with Crippen LogP contribution in [-0.4, -0.2) is 17.1 Å². The minimum Gasteiger partial charge on any atom is -0.268 e. The highest BCUT2D eigenvalue weighted by atomic mass is 32.2. The molecule has 4 heteroatoms. The highest BCUT2D eigenvalue weighted by Gasteiger charge is 2.41. The maximum absolute atomic E-state index is 13.3. The van der Waals surface area contributed by atoms with Gasteiger partial charge in [-0.1, -0.05) is 55.8 Å². The standard InChI is InChI=1S/C22H23NO2S/c1-13(2)26-20-19(17-10-7-14(3)8-11-17)21(24)23(22(20)25)18-12-15(4)6-9-16(18)5/h6-13H,1-5H3. The molecule has 0 atom stereocenters. The smallest absolute Gasteiger partial charge is 0.268 e. The third-order valence-corrected chi connectivity index (χ3v) is 5.43. The van der Waals surface area contributed by atoms with Crippen LogP contribution in [-0.2, 0) is 9.59 Å². The Balaban J connectivity index is 2.14. The molecule has 0 aliphatic carbocycles. The van der Waals surface area contributed by atoms with Crippen molar-refractivity contribution in [2.75, 3.05) is 4.90 Å². The summed E-state index contributed by atoms with van der Waals surface area (Å²) >= 11 is 1.46. The molecular formula is C22H23NO2S. The average Bonchev–Trinajstić information content (AvgIpc) is 2.81. The summed E-state index contributed by atoms with van der Waals surface area (Å²) in [5.74, 6) is -0.464. The number of rotatable bonds is 4. The molecule has 2 aromatic carbocycles. The summed E-state index contributed by atoms with van der Waals surface area (Å²) in [6, 6.07) is 13.6. The number of hydrogen-bond donors (Lipinski definition) is 0. The van der Waals surface area contributed by atoms with E-state index in [1.807, 2.05) is 77.1 Å². The van der Waals surface area contributed by atoms with E-state index in [2.05, 4.69) is 0 Å². The van der Waals surface area contributed by atoms with Gasteiger partial charge in [-0.25, -0.2) is 4.90 Å². The second kappa shape index (κ2) is 7.12. The Labute approximate surface area is 159 Å². The third-order valence-electron chi connectivity index (χ3n) is 4.34. The Morgan fingerprint density at radius 1 is 0.846 bits per heavy atom. The first-order chi connectivity index (χ1) is 12.3. The van der Waals surface area contributed by atoms with Crippen molar-refractivity contribution in [1.82, 2.24) is 0 Å². The zero-order chi connectivity index (χ0) is 19.0. The van der Waals surface area contributed by atoms with Crippen LogP contribution in [0.3, 0.4) is 0 Å². The van der Waals surface area contributed by atoms with E-state index in [4.69, 9.17) is 0 Å². The van der Waals surface area contributed by atoms with Crippen LogP contribution in [0.2, 0.25) is 0 Å². The van der Waals surface area contributed by atoms with Crippen molar-refractivity contribution < 1.29 is 9.59 Å². The summed E-state index contributed by atoms with van der Waals surface area (Å²) in [4.78, 5) is 28.4. The van der Waals surface area contributed by atoms with Crippen LogP contribution in [0.25, 0.3) is 5.57 Å². The van der Waals surface area contributed by atoms with Gasteiger partial charge < -0.3 is 0 Å².